The number of hydrogen-bond donors (Lipinski definition) is 1. The van der Waals surface area contributed by atoms with Gasteiger partial charge in [0, 0.05) is 39.3 Å². The van der Waals surface area contributed by atoms with Crippen LogP contribution in [0.1, 0.15) is 12.5 Å². The number of nitrogens with zero attached hydrogens (tertiary/aromatic N) is 3. The highest BCUT2D eigenvalue weighted by Gasteiger charge is 2.25. The number of benzene rings is 1. The molecule has 1 heterocycles. The van der Waals surface area contributed by atoms with Gasteiger partial charge in [0.15, 0.2) is 0 Å². The minimum Gasteiger partial charge on any atom is -0.380 e. The Morgan fingerprint density at radius 1 is 1.40 bits per heavy atom. The minimum atomic E-state index is -0.403. The number of carbonyl (C=O) groups excluding carboxylic acids is 1. The Morgan fingerprint density at radius 3 is 2.70 bits per heavy atom. The fourth-order valence-corrected chi connectivity index (χ4v) is 2.24. The molecule has 1 aliphatic rings. The van der Waals surface area contributed by atoms with Crippen molar-refractivity contribution in [2.45, 2.75) is 13.5 Å². The topological polar surface area (TPSA) is 78.7 Å². The van der Waals surface area contributed by atoms with Gasteiger partial charge >= 0.3 is 6.03 Å². The molecule has 1 aromatic carbocycles. The molecule has 1 N–H and O–H groups in total. The first kappa shape index (κ1) is 14.1. The molecule has 0 saturated carbocycles. The van der Waals surface area contributed by atoms with Crippen LogP contribution < -0.4 is 5.32 Å². The van der Waals surface area contributed by atoms with E-state index in [1.54, 1.807) is 22.9 Å². The van der Waals surface area contributed by atoms with Crippen molar-refractivity contribution in [1.29, 1.82) is 0 Å². The van der Waals surface area contributed by atoms with Gasteiger partial charge in [-0.15, -0.1) is 0 Å². The molecule has 7 nitrogen and oxygen atoms in total. The zero-order valence-corrected chi connectivity index (χ0v) is 11.6. The Kier molecular flexibility index (Phi) is 4.07. The molecule has 0 aliphatic carbocycles. The highest BCUT2D eigenvalue weighted by atomic mass is 16.6. The third-order valence-electron chi connectivity index (χ3n) is 3.30. The smallest absolute Gasteiger partial charge is 0.320 e. The van der Waals surface area contributed by atoms with Crippen LogP contribution in [-0.4, -0.2) is 47.4 Å². The maximum Gasteiger partial charge on any atom is 0.320 e. The van der Waals surface area contributed by atoms with Gasteiger partial charge in [-0.2, -0.15) is 0 Å². The van der Waals surface area contributed by atoms with Crippen LogP contribution in [0.4, 0.5) is 16.2 Å². The summed E-state index contributed by atoms with van der Waals surface area (Å²) in [7, 11) is 1.75. The molecule has 2 amide bonds. The van der Waals surface area contributed by atoms with E-state index in [0.717, 1.165) is 5.56 Å². The summed E-state index contributed by atoms with van der Waals surface area (Å²) in [4.78, 5) is 25.8. The van der Waals surface area contributed by atoms with Gasteiger partial charge in [-0.1, -0.05) is 6.07 Å². The molecule has 7 heteroatoms. The van der Waals surface area contributed by atoms with E-state index in [4.69, 9.17) is 0 Å². The van der Waals surface area contributed by atoms with Crippen molar-refractivity contribution in [3.8, 4) is 0 Å². The first-order valence-corrected chi connectivity index (χ1v) is 6.54. The zero-order chi connectivity index (χ0) is 14.7. The third-order valence-corrected chi connectivity index (χ3v) is 3.30. The van der Waals surface area contributed by atoms with E-state index >= 15 is 0 Å². The molecule has 0 bridgehead atoms. The second-order valence-corrected chi connectivity index (χ2v) is 4.76. The summed E-state index contributed by atoms with van der Waals surface area (Å²) in [5.41, 5.74) is 1.32. The van der Waals surface area contributed by atoms with Gasteiger partial charge < -0.3 is 15.1 Å². The fraction of sp³-hybridized carbons (Fsp3) is 0.462. The summed E-state index contributed by atoms with van der Waals surface area (Å²) in [6.45, 7) is 4.25. The summed E-state index contributed by atoms with van der Waals surface area (Å²) < 4.78 is 0. The van der Waals surface area contributed by atoms with Crippen LogP contribution in [0.5, 0.6) is 0 Å². The van der Waals surface area contributed by atoms with E-state index in [0.29, 0.717) is 31.9 Å². The maximum absolute atomic E-state index is 11.8. The van der Waals surface area contributed by atoms with E-state index < -0.39 is 4.92 Å². The lowest BCUT2D eigenvalue weighted by Crippen LogP contribution is -2.28. The number of nitrogens with one attached hydrogen (secondary N) is 1. The predicted molar refractivity (Wildman–Crippen MR) is 75.7 cm³/mol. The van der Waals surface area contributed by atoms with E-state index in [2.05, 4.69) is 5.32 Å². The highest BCUT2D eigenvalue weighted by Crippen LogP contribution is 2.26. The van der Waals surface area contributed by atoms with Gasteiger partial charge in [-0.3, -0.25) is 10.1 Å². The quantitative estimate of drug-likeness (QED) is 0.659. The van der Waals surface area contributed by atoms with Gasteiger partial charge in [0.25, 0.3) is 5.69 Å². The maximum atomic E-state index is 11.8. The summed E-state index contributed by atoms with van der Waals surface area (Å²) in [6.07, 6.45) is 0. The zero-order valence-electron chi connectivity index (χ0n) is 11.6. The first-order valence-electron chi connectivity index (χ1n) is 6.54. The summed E-state index contributed by atoms with van der Waals surface area (Å²) in [5.74, 6) is 0. The van der Waals surface area contributed by atoms with Gasteiger partial charge in [0.05, 0.1) is 4.92 Å². The highest BCUT2D eigenvalue weighted by molar-refractivity contribution is 5.76. The molecule has 1 fully saturated rings. The number of anilines is 1. The van der Waals surface area contributed by atoms with E-state index in [1.807, 2.05) is 13.0 Å². The molecule has 0 radical (unpaired) electrons. The van der Waals surface area contributed by atoms with Crippen molar-refractivity contribution < 1.29 is 9.72 Å². The van der Waals surface area contributed by atoms with Crippen LogP contribution in [0.15, 0.2) is 18.2 Å². The monoisotopic (exact) mass is 278 g/mol. The Labute approximate surface area is 117 Å². The molecular weight excluding hydrogens is 260 g/mol. The number of rotatable bonds is 5. The van der Waals surface area contributed by atoms with Crippen molar-refractivity contribution in [3.05, 3.63) is 33.9 Å². The van der Waals surface area contributed by atoms with Crippen LogP contribution in [-0.2, 0) is 6.54 Å². The second-order valence-electron chi connectivity index (χ2n) is 4.76. The van der Waals surface area contributed by atoms with Crippen molar-refractivity contribution in [3.63, 3.8) is 0 Å². The largest absolute Gasteiger partial charge is 0.380 e. The first-order chi connectivity index (χ1) is 9.52. The lowest BCUT2D eigenvalue weighted by atomic mass is 10.1. The van der Waals surface area contributed by atoms with Gasteiger partial charge in [0.2, 0.25) is 0 Å². The molecular formula is C13H18N4O3. The SMILES string of the molecule is CCNc1ccc(CN2CCN(C)C2=O)cc1[N+](=O)[O-]. The molecule has 0 spiro atoms. The average molecular weight is 278 g/mol. The number of hydrogen-bond acceptors (Lipinski definition) is 4. The molecule has 0 unspecified atom stereocenters. The van der Waals surface area contributed by atoms with Crippen LogP contribution in [0.2, 0.25) is 0 Å². The van der Waals surface area contributed by atoms with Crippen molar-refractivity contribution >= 4 is 17.4 Å². The van der Waals surface area contributed by atoms with Crippen molar-refractivity contribution in [1.82, 2.24) is 9.80 Å². The Hall–Kier alpha value is -2.31. The number of nitro groups is 1. The molecule has 0 atom stereocenters. The van der Waals surface area contributed by atoms with Gasteiger partial charge in [0.1, 0.15) is 5.69 Å². The number of amides is 2. The minimum absolute atomic E-state index is 0.0385. The summed E-state index contributed by atoms with van der Waals surface area (Å²) in [6, 6.07) is 5.00. The Morgan fingerprint density at radius 2 is 2.15 bits per heavy atom. The van der Waals surface area contributed by atoms with Crippen molar-refractivity contribution in [2.24, 2.45) is 0 Å². The number of likely N-dealkylation sites (N-methyl/N-ethyl adjacent to an activating group) is 1. The fourth-order valence-electron chi connectivity index (χ4n) is 2.24. The Bertz CT molecular complexity index is 532. The van der Waals surface area contributed by atoms with Gasteiger partial charge in [-0.25, -0.2) is 4.79 Å². The van der Waals surface area contributed by atoms with E-state index in [9.17, 15) is 14.9 Å². The van der Waals surface area contributed by atoms with Crippen LogP contribution in [0.3, 0.4) is 0 Å². The molecule has 0 aromatic heterocycles. The number of nitro benzene ring substituents is 1. The van der Waals surface area contributed by atoms with Crippen LogP contribution in [0.25, 0.3) is 0 Å². The Balaban J connectivity index is 2.19. The van der Waals surface area contributed by atoms with Crippen LogP contribution >= 0.6 is 0 Å². The van der Waals surface area contributed by atoms with E-state index in [1.165, 1.54) is 6.07 Å². The summed E-state index contributed by atoms with van der Waals surface area (Å²) in [5, 5.41) is 14.0. The summed E-state index contributed by atoms with van der Waals surface area (Å²) >= 11 is 0. The second kappa shape index (κ2) is 5.77. The molecule has 108 valence electrons. The van der Waals surface area contributed by atoms with Gasteiger partial charge in [-0.05, 0) is 18.6 Å². The standard InChI is InChI=1S/C13H18N4O3/c1-3-14-11-5-4-10(8-12(11)17(19)20)9-16-7-6-15(2)13(16)18/h4-5,8,14H,3,6-7,9H2,1-2H3. The molecule has 1 aromatic rings. The molecule has 1 saturated heterocycles. The number of carbonyl (C=O) groups is 1. The molecule has 20 heavy (non-hydrogen) atoms. The molecule has 2 rings (SSSR count). The predicted octanol–water partition coefficient (Wildman–Crippen LogP) is 1.89. The molecule has 1 aliphatic heterocycles. The lowest BCUT2D eigenvalue weighted by Gasteiger charge is -2.16. The average Bonchev–Trinajstić information content (AvgIpc) is 2.72. The normalized spacial score (nSPS) is 14.8. The third kappa shape index (κ3) is 2.81. The van der Waals surface area contributed by atoms with Crippen LogP contribution in [0, 0.1) is 10.1 Å². The lowest BCUT2D eigenvalue weighted by molar-refractivity contribution is -0.384. The van der Waals surface area contributed by atoms with Crippen molar-refractivity contribution in [2.75, 3.05) is 32.0 Å². The van der Waals surface area contributed by atoms with E-state index in [-0.39, 0.29) is 11.7 Å². The number of urea groups is 1.